The molecule has 2 heterocycles. The third kappa shape index (κ3) is 2.12. The van der Waals surface area contributed by atoms with Crippen molar-refractivity contribution in [1.29, 1.82) is 0 Å². The van der Waals surface area contributed by atoms with Crippen LogP contribution in [0.1, 0.15) is 5.76 Å². The van der Waals surface area contributed by atoms with E-state index in [9.17, 15) is 0 Å². The normalized spacial score (nSPS) is 10.8. The second-order valence-corrected chi connectivity index (χ2v) is 4.51. The lowest BCUT2D eigenvalue weighted by molar-refractivity contribution is 0.508. The van der Waals surface area contributed by atoms with E-state index in [0.29, 0.717) is 6.54 Å². The van der Waals surface area contributed by atoms with Crippen LogP contribution in [0.5, 0.6) is 0 Å². The number of aromatic nitrogens is 1. The molecule has 3 rings (SSSR count). The molecule has 0 radical (unpaired) electrons. The molecule has 0 saturated carbocycles. The van der Waals surface area contributed by atoms with Gasteiger partial charge in [-0.2, -0.15) is 0 Å². The summed E-state index contributed by atoms with van der Waals surface area (Å²) in [6.07, 6.45) is 3.47. The summed E-state index contributed by atoms with van der Waals surface area (Å²) in [5.41, 5.74) is 8.69. The summed E-state index contributed by atoms with van der Waals surface area (Å²) >= 11 is 0. The van der Waals surface area contributed by atoms with Crippen LogP contribution in [-0.4, -0.2) is 12.0 Å². The summed E-state index contributed by atoms with van der Waals surface area (Å²) < 4.78 is 5.37. The third-order valence-electron chi connectivity index (χ3n) is 3.17. The number of pyridine rings is 1. The van der Waals surface area contributed by atoms with Crippen molar-refractivity contribution in [2.45, 2.75) is 6.54 Å². The Morgan fingerprint density at radius 1 is 1.21 bits per heavy atom. The summed E-state index contributed by atoms with van der Waals surface area (Å²) in [5.74, 6) is 0.920. The van der Waals surface area contributed by atoms with Gasteiger partial charge in [-0.25, -0.2) is 0 Å². The zero-order valence-electron chi connectivity index (χ0n) is 10.7. The van der Waals surface area contributed by atoms with Gasteiger partial charge < -0.3 is 15.1 Å². The van der Waals surface area contributed by atoms with Gasteiger partial charge in [0.1, 0.15) is 5.76 Å². The van der Waals surface area contributed by atoms with E-state index in [-0.39, 0.29) is 0 Å². The summed E-state index contributed by atoms with van der Waals surface area (Å²) in [6.45, 7) is 0.697. The van der Waals surface area contributed by atoms with Crippen molar-refractivity contribution in [3.63, 3.8) is 0 Å². The minimum atomic E-state index is 0.697. The quantitative estimate of drug-likeness (QED) is 0.729. The smallest absolute Gasteiger partial charge is 0.123 e. The molecule has 19 heavy (non-hydrogen) atoms. The summed E-state index contributed by atoms with van der Waals surface area (Å²) in [5, 5.41) is 0.978. The lowest BCUT2D eigenvalue weighted by Crippen LogP contribution is -2.16. The molecule has 1 aromatic carbocycles. The summed E-state index contributed by atoms with van der Waals surface area (Å²) in [4.78, 5) is 6.54. The van der Waals surface area contributed by atoms with Crippen LogP contribution >= 0.6 is 0 Å². The van der Waals surface area contributed by atoms with Crippen LogP contribution in [0.4, 0.5) is 11.4 Å². The molecular weight excluding hydrogens is 238 g/mol. The highest BCUT2D eigenvalue weighted by molar-refractivity contribution is 5.98. The lowest BCUT2D eigenvalue weighted by atomic mass is 10.1. The molecule has 2 N–H and O–H groups in total. The second kappa shape index (κ2) is 4.65. The van der Waals surface area contributed by atoms with Gasteiger partial charge in [-0.3, -0.25) is 4.98 Å². The number of rotatable bonds is 3. The molecule has 0 unspecified atom stereocenters. The number of nitrogens with two attached hydrogens (primary N) is 1. The fourth-order valence-electron chi connectivity index (χ4n) is 2.21. The average molecular weight is 253 g/mol. The zero-order chi connectivity index (χ0) is 13.2. The fourth-order valence-corrected chi connectivity index (χ4v) is 2.21. The van der Waals surface area contributed by atoms with Crippen molar-refractivity contribution in [2.24, 2.45) is 0 Å². The molecule has 4 heteroatoms. The minimum Gasteiger partial charge on any atom is -0.467 e. The molecule has 3 aromatic rings. The van der Waals surface area contributed by atoms with Crippen molar-refractivity contribution in [3.8, 4) is 0 Å². The molecule has 0 aliphatic carbocycles. The van der Waals surface area contributed by atoms with Gasteiger partial charge >= 0.3 is 0 Å². The van der Waals surface area contributed by atoms with Gasteiger partial charge in [-0.1, -0.05) is 0 Å². The van der Waals surface area contributed by atoms with E-state index in [2.05, 4.69) is 9.88 Å². The first-order chi connectivity index (χ1) is 9.25. The lowest BCUT2D eigenvalue weighted by Gasteiger charge is -2.20. The Morgan fingerprint density at radius 3 is 2.89 bits per heavy atom. The van der Waals surface area contributed by atoms with Gasteiger partial charge in [0.25, 0.3) is 0 Å². The first-order valence-corrected chi connectivity index (χ1v) is 6.12. The topological polar surface area (TPSA) is 55.3 Å². The van der Waals surface area contributed by atoms with Crippen LogP contribution in [0, 0.1) is 0 Å². The molecular formula is C15H15N3O. The Kier molecular flexibility index (Phi) is 2.83. The Bertz CT molecular complexity index is 692. The Morgan fingerprint density at radius 2 is 2.11 bits per heavy atom. The number of hydrogen-bond donors (Lipinski definition) is 1. The number of fused-ring (bicyclic) bond motifs is 1. The maximum Gasteiger partial charge on any atom is 0.123 e. The predicted molar refractivity (Wildman–Crippen MR) is 77.0 cm³/mol. The molecule has 0 spiro atoms. The van der Waals surface area contributed by atoms with E-state index in [0.717, 1.165) is 28.0 Å². The molecule has 0 aliphatic rings. The average Bonchev–Trinajstić information content (AvgIpc) is 2.92. The number of furan rings is 1. The van der Waals surface area contributed by atoms with E-state index >= 15 is 0 Å². The van der Waals surface area contributed by atoms with E-state index in [1.54, 1.807) is 12.5 Å². The molecule has 4 nitrogen and oxygen atoms in total. The number of nitrogen functional groups attached to an aromatic ring is 1. The summed E-state index contributed by atoms with van der Waals surface area (Å²) in [7, 11) is 2.02. The van der Waals surface area contributed by atoms with Gasteiger partial charge in [-0.15, -0.1) is 0 Å². The number of benzene rings is 1. The molecule has 2 aromatic heterocycles. The van der Waals surface area contributed by atoms with Crippen LogP contribution in [-0.2, 0) is 6.54 Å². The number of nitrogens with zero attached hydrogens (tertiary/aromatic N) is 2. The maximum absolute atomic E-state index is 5.98. The van der Waals surface area contributed by atoms with Crippen LogP contribution in [0.2, 0.25) is 0 Å². The molecule has 0 saturated heterocycles. The molecule has 0 amide bonds. The van der Waals surface area contributed by atoms with Crippen molar-refractivity contribution in [2.75, 3.05) is 17.7 Å². The molecule has 0 fully saturated rings. The fraction of sp³-hybridized carbons (Fsp3) is 0.133. The van der Waals surface area contributed by atoms with Crippen molar-refractivity contribution in [1.82, 2.24) is 4.98 Å². The largest absolute Gasteiger partial charge is 0.467 e. The molecule has 0 aliphatic heterocycles. The van der Waals surface area contributed by atoms with Crippen LogP contribution in [0.25, 0.3) is 10.9 Å². The van der Waals surface area contributed by atoms with E-state index in [1.807, 2.05) is 43.4 Å². The molecule has 0 bridgehead atoms. The van der Waals surface area contributed by atoms with Gasteiger partial charge in [0, 0.05) is 24.3 Å². The number of hydrogen-bond acceptors (Lipinski definition) is 4. The first kappa shape index (κ1) is 11.6. The van der Waals surface area contributed by atoms with Gasteiger partial charge in [0.2, 0.25) is 0 Å². The van der Waals surface area contributed by atoms with Crippen LogP contribution < -0.4 is 10.6 Å². The van der Waals surface area contributed by atoms with E-state index in [1.165, 1.54) is 0 Å². The number of anilines is 2. The highest BCUT2D eigenvalue weighted by Gasteiger charge is 2.10. The van der Waals surface area contributed by atoms with Gasteiger partial charge in [0.05, 0.1) is 24.0 Å². The predicted octanol–water partition coefficient (Wildman–Crippen LogP) is 3.05. The van der Waals surface area contributed by atoms with Crippen molar-refractivity contribution < 1.29 is 4.42 Å². The summed E-state index contributed by atoms with van der Waals surface area (Å²) in [6, 6.07) is 11.6. The van der Waals surface area contributed by atoms with Crippen LogP contribution in [0.15, 0.2) is 53.3 Å². The van der Waals surface area contributed by atoms with E-state index < -0.39 is 0 Å². The second-order valence-electron chi connectivity index (χ2n) is 4.51. The van der Waals surface area contributed by atoms with Gasteiger partial charge in [-0.05, 0) is 36.4 Å². The monoisotopic (exact) mass is 253 g/mol. The highest BCUT2D eigenvalue weighted by atomic mass is 16.3. The first-order valence-electron chi connectivity index (χ1n) is 6.12. The minimum absolute atomic E-state index is 0.697. The van der Waals surface area contributed by atoms with Crippen LogP contribution in [0.3, 0.4) is 0 Å². The van der Waals surface area contributed by atoms with Crippen molar-refractivity contribution >= 4 is 22.3 Å². The van der Waals surface area contributed by atoms with Crippen molar-refractivity contribution in [3.05, 3.63) is 54.6 Å². The van der Waals surface area contributed by atoms with E-state index in [4.69, 9.17) is 10.2 Å². The molecule has 96 valence electrons. The van der Waals surface area contributed by atoms with Gasteiger partial charge in [0.15, 0.2) is 0 Å². The zero-order valence-corrected chi connectivity index (χ0v) is 10.7. The third-order valence-corrected chi connectivity index (χ3v) is 3.17. The standard InChI is InChI=1S/C15H15N3O/c1-18(10-11-4-3-9-19-11)14-7-6-13(16)12-5-2-8-17-15(12)14/h2-9H,10,16H2,1H3. The SMILES string of the molecule is CN(Cc1ccco1)c1ccc(N)c2cccnc12. The Balaban J connectivity index is 2.03. The Hall–Kier alpha value is -2.49. The maximum atomic E-state index is 5.98. The molecule has 0 atom stereocenters. The highest BCUT2D eigenvalue weighted by Crippen LogP contribution is 2.29. The Labute approximate surface area is 111 Å².